The maximum Gasteiger partial charge on any atom is 0.261 e. The Labute approximate surface area is 262 Å². The molecule has 0 N–H and O–H groups in total. The first-order valence-electron chi connectivity index (χ1n) is 15.8. The lowest BCUT2D eigenvalue weighted by Gasteiger charge is -2.30. The van der Waals surface area contributed by atoms with Crippen LogP contribution in [0.2, 0.25) is 0 Å². The summed E-state index contributed by atoms with van der Waals surface area (Å²) in [6.07, 6.45) is 0.583. The normalized spacial score (nSPS) is 17.2. The van der Waals surface area contributed by atoms with E-state index in [0.29, 0.717) is 18.4 Å². The number of hydrogen-bond acceptors (Lipinski definition) is 3. The number of carbonyl (C=O) groups is 1. The highest BCUT2D eigenvalue weighted by atomic mass is 16.5. The Balaban J connectivity index is 1.53. The molecular weight excluding hydrogens is 540 g/mol. The van der Waals surface area contributed by atoms with Crippen LogP contribution in [0.3, 0.4) is 0 Å². The Bertz CT molecular complexity index is 1720. The monoisotopic (exact) mass is 582 g/mol. The molecule has 0 radical (unpaired) electrons. The van der Waals surface area contributed by atoms with Crippen molar-refractivity contribution in [3.8, 4) is 5.75 Å². The Kier molecular flexibility index (Phi) is 8.18. The predicted octanol–water partition coefficient (Wildman–Crippen LogP) is 9.15. The van der Waals surface area contributed by atoms with E-state index in [1.54, 1.807) is 0 Å². The van der Waals surface area contributed by atoms with E-state index in [2.05, 4.69) is 106 Å². The second kappa shape index (κ2) is 12.2. The van der Waals surface area contributed by atoms with Crippen molar-refractivity contribution < 1.29 is 9.53 Å². The van der Waals surface area contributed by atoms with Gasteiger partial charge in [0.25, 0.3) is 5.91 Å². The molecule has 4 aromatic carbocycles. The molecule has 0 spiro atoms. The van der Waals surface area contributed by atoms with Crippen LogP contribution in [0.15, 0.2) is 114 Å². The summed E-state index contributed by atoms with van der Waals surface area (Å²) in [7, 11) is 2.05. The van der Waals surface area contributed by atoms with E-state index in [9.17, 15) is 4.79 Å². The van der Waals surface area contributed by atoms with Gasteiger partial charge in [0.2, 0.25) is 6.23 Å². The average Bonchev–Trinajstić information content (AvgIpc) is 3.48. The van der Waals surface area contributed by atoms with Gasteiger partial charge in [-0.25, -0.2) is 0 Å². The van der Waals surface area contributed by atoms with Crippen LogP contribution in [0.25, 0.3) is 11.4 Å². The molecule has 0 saturated heterocycles. The van der Waals surface area contributed by atoms with Crippen molar-refractivity contribution in [3.63, 3.8) is 0 Å². The number of benzene rings is 4. The smallest absolute Gasteiger partial charge is 0.261 e. The van der Waals surface area contributed by atoms with Crippen LogP contribution < -0.4 is 4.74 Å². The summed E-state index contributed by atoms with van der Waals surface area (Å²) < 4.78 is 7.01. The van der Waals surface area contributed by atoms with Crippen molar-refractivity contribution in [2.24, 2.45) is 0 Å². The molecule has 1 amide bonds. The number of fused-ring (bicyclic) bond motifs is 1. The van der Waals surface area contributed by atoms with Crippen LogP contribution in [0.4, 0.5) is 0 Å². The highest BCUT2D eigenvalue weighted by Gasteiger charge is 2.49. The largest absolute Gasteiger partial charge is 0.466 e. The summed E-state index contributed by atoms with van der Waals surface area (Å²) in [6, 6.07) is 35.7. The van der Waals surface area contributed by atoms with E-state index in [1.807, 2.05) is 48.3 Å². The van der Waals surface area contributed by atoms with Gasteiger partial charge in [-0.2, -0.15) is 0 Å². The Morgan fingerprint density at radius 1 is 0.773 bits per heavy atom. The first kappa shape index (κ1) is 29.5. The standard InChI is InChI=1S/C40H42N2O2/c1-7-27(4)33-21-18-28(5)34(24-33)44-40-36-35(37(41(40)6)31-14-10-8-11-15-31)39(43)42(38(36)32-16-12-9-13-17-32)25-29-19-22-30(23-20-29)26(2)3/h8-24,26-27,40H,7,25H2,1-6H3. The number of nitrogens with zero attached hydrogens (tertiary/aromatic N) is 2. The average molecular weight is 583 g/mol. The van der Waals surface area contributed by atoms with Gasteiger partial charge in [0.1, 0.15) is 5.75 Å². The van der Waals surface area contributed by atoms with E-state index >= 15 is 0 Å². The molecule has 2 aliphatic heterocycles. The molecule has 2 atom stereocenters. The predicted molar refractivity (Wildman–Crippen MR) is 180 cm³/mol. The third kappa shape index (κ3) is 5.34. The molecule has 44 heavy (non-hydrogen) atoms. The zero-order valence-electron chi connectivity index (χ0n) is 26.7. The first-order valence-corrected chi connectivity index (χ1v) is 15.8. The summed E-state index contributed by atoms with van der Waals surface area (Å²) in [5.74, 6) is 1.74. The van der Waals surface area contributed by atoms with Crippen molar-refractivity contribution in [2.45, 2.75) is 65.6 Å². The van der Waals surface area contributed by atoms with Crippen molar-refractivity contribution in [1.82, 2.24) is 9.80 Å². The van der Waals surface area contributed by atoms with Gasteiger partial charge in [-0.1, -0.05) is 125 Å². The lowest BCUT2D eigenvalue weighted by molar-refractivity contribution is -0.123. The van der Waals surface area contributed by atoms with Gasteiger partial charge < -0.3 is 14.5 Å². The lowest BCUT2D eigenvalue weighted by Crippen LogP contribution is -2.34. The van der Waals surface area contributed by atoms with E-state index in [4.69, 9.17) is 4.74 Å². The lowest BCUT2D eigenvalue weighted by atomic mass is 9.97. The Hall–Kier alpha value is -4.57. The second-order valence-corrected chi connectivity index (χ2v) is 12.4. The summed E-state index contributed by atoms with van der Waals surface area (Å²) in [5.41, 5.74) is 10.2. The van der Waals surface area contributed by atoms with Gasteiger partial charge in [0, 0.05) is 7.05 Å². The summed E-state index contributed by atoms with van der Waals surface area (Å²) in [6.45, 7) is 11.4. The van der Waals surface area contributed by atoms with Crippen LogP contribution in [-0.2, 0) is 11.3 Å². The van der Waals surface area contributed by atoms with Crippen molar-refractivity contribution in [1.29, 1.82) is 0 Å². The van der Waals surface area contributed by atoms with Crippen molar-refractivity contribution in [3.05, 3.63) is 148 Å². The molecule has 2 unspecified atom stereocenters. The quantitative estimate of drug-likeness (QED) is 0.197. The zero-order valence-corrected chi connectivity index (χ0v) is 26.7. The van der Waals surface area contributed by atoms with Gasteiger partial charge in [0.15, 0.2) is 0 Å². The van der Waals surface area contributed by atoms with Gasteiger partial charge in [-0.05, 0) is 64.6 Å². The summed E-state index contributed by atoms with van der Waals surface area (Å²) >= 11 is 0. The van der Waals surface area contributed by atoms with E-state index in [1.165, 1.54) is 11.1 Å². The highest BCUT2D eigenvalue weighted by Crippen LogP contribution is 2.49. The molecule has 4 nitrogen and oxygen atoms in total. The number of ether oxygens (including phenoxy) is 1. The number of carbonyl (C=O) groups excluding carboxylic acids is 1. The first-order chi connectivity index (χ1) is 21.3. The molecule has 6 rings (SSSR count). The van der Waals surface area contributed by atoms with Crippen LogP contribution in [0.5, 0.6) is 5.75 Å². The zero-order chi connectivity index (χ0) is 31.0. The minimum absolute atomic E-state index is 0.00803. The fraction of sp³-hybridized carbons (Fsp3) is 0.275. The number of hydrogen-bond donors (Lipinski definition) is 0. The Morgan fingerprint density at radius 2 is 1.36 bits per heavy atom. The van der Waals surface area contributed by atoms with E-state index in [0.717, 1.165) is 57.0 Å². The number of rotatable bonds is 9. The van der Waals surface area contributed by atoms with E-state index < -0.39 is 6.23 Å². The fourth-order valence-corrected chi connectivity index (χ4v) is 6.31. The highest BCUT2D eigenvalue weighted by molar-refractivity contribution is 6.16. The topological polar surface area (TPSA) is 32.8 Å². The number of aryl methyl sites for hydroxylation is 1. The minimum atomic E-state index is -0.474. The molecule has 0 aromatic heterocycles. The molecule has 224 valence electrons. The van der Waals surface area contributed by atoms with Gasteiger partial charge in [-0.3, -0.25) is 4.79 Å². The molecule has 0 bridgehead atoms. The molecule has 2 aliphatic rings. The van der Waals surface area contributed by atoms with Crippen LogP contribution in [-0.4, -0.2) is 29.0 Å². The third-order valence-electron chi connectivity index (χ3n) is 9.16. The molecule has 4 heteroatoms. The van der Waals surface area contributed by atoms with Crippen molar-refractivity contribution >= 4 is 17.3 Å². The molecule has 4 aromatic rings. The van der Waals surface area contributed by atoms with Gasteiger partial charge >= 0.3 is 0 Å². The van der Waals surface area contributed by atoms with Crippen LogP contribution >= 0.6 is 0 Å². The third-order valence-corrected chi connectivity index (χ3v) is 9.16. The fourth-order valence-electron chi connectivity index (χ4n) is 6.31. The Morgan fingerprint density at radius 3 is 1.95 bits per heavy atom. The maximum atomic E-state index is 14.7. The number of amides is 1. The van der Waals surface area contributed by atoms with Crippen molar-refractivity contribution in [2.75, 3.05) is 7.05 Å². The number of likely N-dealkylation sites (N-methyl/N-ethyl adjacent to an activating group) is 1. The van der Waals surface area contributed by atoms with Crippen LogP contribution in [0, 0.1) is 6.92 Å². The maximum absolute atomic E-state index is 14.7. The van der Waals surface area contributed by atoms with Gasteiger partial charge in [-0.15, -0.1) is 0 Å². The molecule has 2 heterocycles. The van der Waals surface area contributed by atoms with Crippen LogP contribution in [0.1, 0.15) is 79.3 Å². The molecular formula is C40H42N2O2. The SMILES string of the molecule is CCC(C)c1ccc(C)c(OC2C3=C(c4ccccc4)N(Cc4ccc(C(C)C)cc4)C(=O)C3=C(c3ccccc3)N2C)c1. The van der Waals surface area contributed by atoms with E-state index in [-0.39, 0.29) is 5.91 Å². The second-order valence-electron chi connectivity index (χ2n) is 12.4. The molecule has 0 saturated carbocycles. The molecule has 0 aliphatic carbocycles. The molecule has 0 fully saturated rings. The summed E-state index contributed by atoms with van der Waals surface area (Å²) in [4.78, 5) is 18.8. The van der Waals surface area contributed by atoms with Gasteiger partial charge in [0.05, 0.1) is 29.1 Å². The minimum Gasteiger partial charge on any atom is -0.466 e. The summed E-state index contributed by atoms with van der Waals surface area (Å²) in [5, 5.41) is 0.